The monoisotopic (exact) mass is 175 g/mol. The first-order valence-corrected chi connectivity index (χ1v) is 4.36. The molecule has 0 aromatic rings. The summed E-state index contributed by atoms with van der Waals surface area (Å²) in [6, 6.07) is 0.121. The minimum Gasteiger partial charge on any atom is -0.380 e. The molecule has 1 unspecified atom stereocenters. The van der Waals surface area contributed by atoms with E-state index in [0.29, 0.717) is 13.2 Å². The smallest absolute Gasteiger partial charge is 0.0644 e. The lowest BCUT2D eigenvalue weighted by molar-refractivity contribution is -0.0109. The van der Waals surface area contributed by atoms with Gasteiger partial charge in [-0.3, -0.25) is 0 Å². The van der Waals surface area contributed by atoms with Crippen molar-refractivity contribution in [2.45, 2.75) is 38.8 Å². The van der Waals surface area contributed by atoms with E-state index in [2.05, 4.69) is 0 Å². The topological polar surface area (TPSA) is 44.5 Å². The lowest BCUT2D eigenvalue weighted by Gasteiger charge is -2.22. The first kappa shape index (κ1) is 11.9. The Morgan fingerprint density at radius 3 is 2.42 bits per heavy atom. The second kappa shape index (κ2) is 5.51. The fourth-order valence-electron chi connectivity index (χ4n) is 0.689. The summed E-state index contributed by atoms with van der Waals surface area (Å²) in [4.78, 5) is 0. The second-order valence-corrected chi connectivity index (χ2v) is 3.77. The number of hydrogen-bond acceptors (Lipinski definition) is 3. The second-order valence-electron chi connectivity index (χ2n) is 3.77. The Morgan fingerprint density at radius 1 is 1.42 bits per heavy atom. The van der Waals surface area contributed by atoms with Gasteiger partial charge in [0.25, 0.3) is 0 Å². The van der Waals surface area contributed by atoms with Crippen LogP contribution >= 0.6 is 0 Å². The standard InChI is InChI=1S/C9H21NO2/c1-8(10)7-12-6-5-9(2,3)11-4/h8H,5-7,10H2,1-4H3. The molecular weight excluding hydrogens is 154 g/mol. The number of ether oxygens (including phenoxy) is 2. The van der Waals surface area contributed by atoms with Crippen molar-refractivity contribution in [2.24, 2.45) is 5.73 Å². The number of nitrogens with two attached hydrogens (primary N) is 1. The first-order valence-electron chi connectivity index (χ1n) is 4.36. The van der Waals surface area contributed by atoms with Crippen LogP contribution in [0.15, 0.2) is 0 Å². The van der Waals surface area contributed by atoms with E-state index in [-0.39, 0.29) is 11.6 Å². The van der Waals surface area contributed by atoms with Crippen molar-refractivity contribution in [3.63, 3.8) is 0 Å². The summed E-state index contributed by atoms with van der Waals surface area (Å²) < 4.78 is 10.6. The Bertz CT molecular complexity index is 113. The van der Waals surface area contributed by atoms with Crippen LogP contribution in [0.4, 0.5) is 0 Å². The summed E-state index contributed by atoms with van der Waals surface area (Å²) in [5.74, 6) is 0. The molecule has 1 atom stereocenters. The Kier molecular flexibility index (Phi) is 5.46. The highest BCUT2D eigenvalue weighted by Gasteiger charge is 2.15. The van der Waals surface area contributed by atoms with Crippen molar-refractivity contribution in [2.75, 3.05) is 20.3 Å². The SMILES string of the molecule is COC(C)(C)CCOCC(C)N. The van der Waals surface area contributed by atoms with E-state index < -0.39 is 0 Å². The van der Waals surface area contributed by atoms with Crippen LogP contribution in [0.3, 0.4) is 0 Å². The lowest BCUT2D eigenvalue weighted by atomic mass is 10.1. The molecule has 0 fully saturated rings. The van der Waals surface area contributed by atoms with E-state index in [4.69, 9.17) is 15.2 Å². The van der Waals surface area contributed by atoms with Gasteiger partial charge in [-0.05, 0) is 27.2 Å². The summed E-state index contributed by atoms with van der Waals surface area (Å²) in [6.45, 7) is 7.36. The normalized spacial score (nSPS) is 14.8. The Balaban J connectivity index is 3.31. The Morgan fingerprint density at radius 2 is 2.00 bits per heavy atom. The van der Waals surface area contributed by atoms with Crippen molar-refractivity contribution >= 4 is 0 Å². The Hall–Kier alpha value is -0.120. The van der Waals surface area contributed by atoms with Gasteiger partial charge in [-0.25, -0.2) is 0 Å². The zero-order valence-electron chi connectivity index (χ0n) is 8.59. The van der Waals surface area contributed by atoms with Crippen LogP contribution in [0, 0.1) is 0 Å². The molecule has 12 heavy (non-hydrogen) atoms. The first-order chi connectivity index (χ1) is 5.48. The van der Waals surface area contributed by atoms with Gasteiger partial charge in [-0.2, -0.15) is 0 Å². The molecule has 3 heteroatoms. The zero-order valence-corrected chi connectivity index (χ0v) is 8.59. The molecule has 0 saturated heterocycles. The molecule has 2 N–H and O–H groups in total. The van der Waals surface area contributed by atoms with E-state index in [1.165, 1.54) is 0 Å². The molecule has 0 spiro atoms. The van der Waals surface area contributed by atoms with Crippen LogP contribution in [0.1, 0.15) is 27.2 Å². The molecule has 0 aliphatic carbocycles. The van der Waals surface area contributed by atoms with E-state index >= 15 is 0 Å². The largest absolute Gasteiger partial charge is 0.380 e. The molecule has 74 valence electrons. The lowest BCUT2D eigenvalue weighted by Crippen LogP contribution is -2.27. The van der Waals surface area contributed by atoms with Gasteiger partial charge in [0.15, 0.2) is 0 Å². The van der Waals surface area contributed by atoms with Crippen molar-refractivity contribution in [3.05, 3.63) is 0 Å². The molecule has 0 amide bonds. The highest BCUT2D eigenvalue weighted by molar-refractivity contribution is 4.66. The van der Waals surface area contributed by atoms with Crippen LogP contribution in [-0.2, 0) is 9.47 Å². The third-order valence-corrected chi connectivity index (χ3v) is 1.78. The van der Waals surface area contributed by atoms with Gasteiger partial charge in [-0.15, -0.1) is 0 Å². The van der Waals surface area contributed by atoms with E-state index in [9.17, 15) is 0 Å². The fraction of sp³-hybridized carbons (Fsp3) is 1.00. The molecule has 3 nitrogen and oxygen atoms in total. The van der Waals surface area contributed by atoms with Crippen LogP contribution in [0.2, 0.25) is 0 Å². The van der Waals surface area contributed by atoms with Gasteiger partial charge >= 0.3 is 0 Å². The predicted molar refractivity (Wildman–Crippen MR) is 50.2 cm³/mol. The maximum Gasteiger partial charge on any atom is 0.0644 e. The van der Waals surface area contributed by atoms with Gasteiger partial charge in [0, 0.05) is 19.8 Å². The highest BCUT2D eigenvalue weighted by Crippen LogP contribution is 2.12. The number of methoxy groups -OCH3 is 1. The fourth-order valence-corrected chi connectivity index (χ4v) is 0.689. The van der Waals surface area contributed by atoms with Crippen LogP contribution < -0.4 is 5.73 Å². The zero-order chi connectivity index (χ0) is 9.61. The molecule has 0 aliphatic heterocycles. The third kappa shape index (κ3) is 6.58. The van der Waals surface area contributed by atoms with Crippen LogP contribution in [0.5, 0.6) is 0 Å². The van der Waals surface area contributed by atoms with Crippen molar-refractivity contribution in [1.82, 2.24) is 0 Å². The minimum absolute atomic E-state index is 0.0855. The highest BCUT2D eigenvalue weighted by atomic mass is 16.5. The summed E-state index contributed by atoms with van der Waals surface area (Å²) >= 11 is 0. The van der Waals surface area contributed by atoms with E-state index in [1.807, 2.05) is 20.8 Å². The van der Waals surface area contributed by atoms with Crippen molar-refractivity contribution < 1.29 is 9.47 Å². The van der Waals surface area contributed by atoms with Crippen LogP contribution in [0.25, 0.3) is 0 Å². The molecule has 0 radical (unpaired) electrons. The summed E-state index contributed by atoms with van der Waals surface area (Å²) in [5, 5.41) is 0. The molecular formula is C9H21NO2. The maximum atomic E-state index is 5.52. The van der Waals surface area contributed by atoms with Crippen molar-refractivity contribution in [3.8, 4) is 0 Å². The molecule has 0 rings (SSSR count). The van der Waals surface area contributed by atoms with Gasteiger partial charge in [0.1, 0.15) is 0 Å². The van der Waals surface area contributed by atoms with Gasteiger partial charge < -0.3 is 15.2 Å². The summed E-state index contributed by atoms with van der Waals surface area (Å²) in [6.07, 6.45) is 0.899. The average Bonchev–Trinajstić information content (AvgIpc) is 1.98. The predicted octanol–water partition coefficient (Wildman–Crippen LogP) is 1.17. The molecule has 0 aromatic carbocycles. The molecule has 0 aromatic heterocycles. The molecule has 0 saturated carbocycles. The number of hydrogen-bond donors (Lipinski definition) is 1. The van der Waals surface area contributed by atoms with Crippen LogP contribution in [-0.4, -0.2) is 32.0 Å². The number of rotatable bonds is 6. The van der Waals surface area contributed by atoms with E-state index in [0.717, 1.165) is 6.42 Å². The maximum absolute atomic E-state index is 5.52. The minimum atomic E-state index is -0.0855. The molecule has 0 heterocycles. The van der Waals surface area contributed by atoms with E-state index in [1.54, 1.807) is 7.11 Å². The summed E-state index contributed by atoms with van der Waals surface area (Å²) in [5.41, 5.74) is 5.43. The molecule has 0 aliphatic rings. The van der Waals surface area contributed by atoms with Gasteiger partial charge in [0.05, 0.1) is 12.2 Å². The average molecular weight is 175 g/mol. The third-order valence-electron chi connectivity index (χ3n) is 1.78. The quantitative estimate of drug-likeness (QED) is 0.616. The van der Waals surface area contributed by atoms with Gasteiger partial charge in [-0.1, -0.05) is 0 Å². The van der Waals surface area contributed by atoms with Crippen molar-refractivity contribution in [1.29, 1.82) is 0 Å². The summed E-state index contributed by atoms with van der Waals surface area (Å²) in [7, 11) is 1.71. The Labute approximate surface area is 75.2 Å². The van der Waals surface area contributed by atoms with Gasteiger partial charge in [0.2, 0.25) is 0 Å². The molecule has 0 bridgehead atoms.